The zero-order valence-electron chi connectivity index (χ0n) is 18.1. The average molecular weight is 448 g/mol. The maximum Gasteiger partial charge on any atom is 0.309 e. The van der Waals surface area contributed by atoms with Gasteiger partial charge in [-0.25, -0.2) is 13.6 Å². The van der Waals surface area contributed by atoms with E-state index in [1.54, 1.807) is 27.0 Å². The summed E-state index contributed by atoms with van der Waals surface area (Å²) in [6.07, 6.45) is 2.49. The molecule has 0 saturated heterocycles. The van der Waals surface area contributed by atoms with E-state index in [0.29, 0.717) is 29.9 Å². The lowest BCUT2D eigenvalue weighted by Crippen LogP contribution is -2.23. The number of carboxylic acid groups (broad SMARTS) is 1. The molecule has 3 N–H and O–H groups in total. The van der Waals surface area contributed by atoms with Crippen molar-refractivity contribution >= 4 is 16.0 Å². The molecule has 0 aromatic heterocycles. The zero-order valence-corrected chi connectivity index (χ0v) is 18.9. The Morgan fingerprint density at radius 3 is 2.61 bits per heavy atom. The Balaban J connectivity index is 1.89. The van der Waals surface area contributed by atoms with Gasteiger partial charge < -0.3 is 14.6 Å². The second kappa shape index (κ2) is 8.88. The molecular weight excluding hydrogens is 418 g/mol. The minimum atomic E-state index is -3.66. The average Bonchev–Trinajstić information content (AvgIpc) is 2.69. The third-order valence-electron chi connectivity index (χ3n) is 5.67. The van der Waals surface area contributed by atoms with Gasteiger partial charge in [0.25, 0.3) is 0 Å². The van der Waals surface area contributed by atoms with Gasteiger partial charge >= 0.3 is 5.97 Å². The first-order valence-corrected chi connectivity index (χ1v) is 11.9. The summed E-state index contributed by atoms with van der Waals surface area (Å²) in [6, 6.07) is 11.1. The highest BCUT2D eigenvalue weighted by molar-refractivity contribution is 7.88. The van der Waals surface area contributed by atoms with Crippen LogP contribution in [0.4, 0.5) is 0 Å². The lowest BCUT2D eigenvalue weighted by atomic mass is 9.85. The lowest BCUT2D eigenvalue weighted by Gasteiger charge is -2.30. The number of unbranched alkanes of at least 4 members (excludes halogenated alkanes) is 1. The summed E-state index contributed by atoms with van der Waals surface area (Å²) in [5, 5.41) is 14.5. The largest absolute Gasteiger partial charge is 0.496 e. The Bertz CT molecular complexity index is 1080. The first kappa shape index (κ1) is 23.1. The third kappa shape index (κ3) is 5.37. The van der Waals surface area contributed by atoms with Gasteiger partial charge in [0, 0.05) is 5.56 Å². The molecule has 2 aromatic rings. The number of aliphatic carboxylic acids is 1. The van der Waals surface area contributed by atoms with Gasteiger partial charge in [0.2, 0.25) is 10.0 Å². The van der Waals surface area contributed by atoms with Gasteiger partial charge in [0.15, 0.2) is 0 Å². The van der Waals surface area contributed by atoms with Gasteiger partial charge in [-0.3, -0.25) is 4.79 Å². The molecule has 0 amide bonds. The van der Waals surface area contributed by atoms with Crippen molar-refractivity contribution in [1.29, 1.82) is 0 Å². The Kier molecular flexibility index (Phi) is 6.62. The van der Waals surface area contributed by atoms with Crippen molar-refractivity contribution in [3.8, 4) is 22.6 Å². The highest BCUT2D eigenvalue weighted by Gasteiger charge is 2.30. The SMILES string of the molecule is COc1cccc2c1-c1ccc(CS(N)(=O)=O)cc1C(CCCCC(C)(C)C(=O)O)O2. The molecule has 0 spiro atoms. The van der Waals surface area contributed by atoms with Gasteiger partial charge in [-0.1, -0.05) is 30.7 Å². The fraction of sp³-hybridized carbons (Fsp3) is 0.435. The molecule has 0 saturated carbocycles. The van der Waals surface area contributed by atoms with Crippen LogP contribution in [0.15, 0.2) is 36.4 Å². The maximum atomic E-state index is 11.6. The lowest BCUT2D eigenvalue weighted by molar-refractivity contribution is -0.147. The van der Waals surface area contributed by atoms with E-state index in [1.807, 2.05) is 30.3 Å². The van der Waals surface area contributed by atoms with Gasteiger partial charge in [-0.15, -0.1) is 0 Å². The van der Waals surface area contributed by atoms with Gasteiger partial charge in [0.05, 0.1) is 23.8 Å². The number of primary sulfonamides is 1. The van der Waals surface area contributed by atoms with Crippen LogP contribution in [0.25, 0.3) is 11.1 Å². The monoisotopic (exact) mass is 447 g/mol. The Hall–Kier alpha value is -2.58. The number of nitrogens with two attached hydrogens (primary N) is 1. The van der Waals surface area contributed by atoms with E-state index in [0.717, 1.165) is 29.5 Å². The summed E-state index contributed by atoms with van der Waals surface area (Å²) >= 11 is 0. The van der Waals surface area contributed by atoms with Crippen LogP contribution in [0.1, 0.15) is 56.8 Å². The molecule has 1 aliphatic rings. The van der Waals surface area contributed by atoms with Crippen LogP contribution in [0.5, 0.6) is 11.5 Å². The van der Waals surface area contributed by atoms with Crippen molar-refractivity contribution in [3.63, 3.8) is 0 Å². The minimum Gasteiger partial charge on any atom is -0.496 e. The van der Waals surface area contributed by atoms with E-state index >= 15 is 0 Å². The van der Waals surface area contributed by atoms with Crippen LogP contribution in [-0.4, -0.2) is 26.6 Å². The van der Waals surface area contributed by atoms with Crippen LogP contribution in [0, 0.1) is 5.41 Å². The van der Waals surface area contributed by atoms with E-state index in [9.17, 15) is 18.3 Å². The van der Waals surface area contributed by atoms with Crippen LogP contribution in [0.3, 0.4) is 0 Å². The number of hydrogen-bond donors (Lipinski definition) is 2. The predicted molar refractivity (Wildman–Crippen MR) is 118 cm³/mol. The molecule has 0 radical (unpaired) electrons. The summed E-state index contributed by atoms with van der Waals surface area (Å²) in [4.78, 5) is 11.3. The highest BCUT2D eigenvalue weighted by Crippen LogP contribution is 2.48. The summed E-state index contributed by atoms with van der Waals surface area (Å²) in [7, 11) is -2.06. The molecule has 2 aromatic carbocycles. The zero-order chi connectivity index (χ0) is 22.8. The molecule has 0 aliphatic carbocycles. The number of hydrogen-bond acceptors (Lipinski definition) is 5. The topological polar surface area (TPSA) is 116 Å². The molecule has 0 bridgehead atoms. The summed E-state index contributed by atoms with van der Waals surface area (Å²) in [5.41, 5.74) is 2.49. The second-order valence-corrected chi connectivity index (χ2v) is 10.2. The molecule has 0 fully saturated rings. The van der Waals surface area contributed by atoms with Crippen molar-refractivity contribution in [1.82, 2.24) is 0 Å². The summed E-state index contributed by atoms with van der Waals surface area (Å²) in [6.45, 7) is 3.45. The maximum absolute atomic E-state index is 11.6. The molecule has 168 valence electrons. The second-order valence-electron chi connectivity index (χ2n) is 8.60. The van der Waals surface area contributed by atoms with E-state index in [-0.39, 0.29) is 11.9 Å². The molecule has 8 heteroatoms. The first-order valence-electron chi connectivity index (χ1n) is 10.2. The Labute approximate surface area is 183 Å². The number of sulfonamides is 1. The first-order chi connectivity index (χ1) is 14.5. The smallest absolute Gasteiger partial charge is 0.309 e. The number of carbonyl (C=O) groups is 1. The van der Waals surface area contributed by atoms with Crippen molar-refractivity contribution in [3.05, 3.63) is 47.5 Å². The van der Waals surface area contributed by atoms with Crippen molar-refractivity contribution in [2.24, 2.45) is 10.6 Å². The van der Waals surface area contributed by atoms with Crippen molar-refractivity contribution in [2.75, 3.05) is 7.11 Å². The highest BCUT2D eigenvalue weighted by atomic mass is 32.2. The van der Waals surface area contributed by atoms with Crippen molar-refractivity contribution < 1.29 is 27.8 Å². The number of rotatable bonds is 9. The molecule has 3 rings (SSSR count). The Morgan fingerprint density at radius 1 is 1.23 bits per heavy atom. The molecule has 1 atom stereocenters. The van der Waals surface area contributed by atoms with E-state index in [2.05, 4.69) is 0 Å². The number of fused-ring (bicyclic) bond motifs is 3. The molecule has 1 aliphatic heterocycles. The summed E-state index contributed by atoms with van der Waals surface area (Å²) in [5.74, 6) is 0.334. The molecular formula is C23H29NO6S. The standard InChI is InChI=1S/C23H29NO6S/c1-23(2,22(25)26)12-5-4-7-18-17-13-15(14-31(24,27)28)10-11-16(17)21-19(29-3)8-6-9-20(21)30-18/h6,8-11,13,18H,4-5,7,12,14H2,1-3H3,(H,25,26)(H2,24,27,28). The fourth-order valence-electron chi connectivity index (χ4n) is 3.91. The van der Waals surface area contributed by atoms with E-state index < -0.39 is 21.4 Å². The van der Waals surface area contributed by atoms with Crippen LogP contribution >= 0.6 is 0 Å². The van der Waals surface area contributed by atoms with Crippen LogP contribution in [-0.2, 0) is 20.6 Å². The summed E-state index contributed by atoms with van der Waals surface area (Å²) < 4.78 is 35.0. The van der Waals surface area contributed by atoms with E-state index in [1.165, 1.54) is 0 Å². The number of carboxylic acids is 1. The molecule has 31 heavy (non-hydrogen) atoms. The van der Waals surface area contributed by atoms with Crippen LogP contribution in [0.2, 0.25) is 0 Å². The molecule has 7 nitrogen and oxygen atoms in total. The molecule has 1 heterocycles. The molecule has 1 unspecified atom stereocenters. The van der Waals surface area contributed by atoms with Gasteiger partial charge in [-0.2, -0.15) is 0 Å². The van der Waals surface area contributed by atoms with Gasteiger partial charge in [-0.05, 0) is 56.4 Å². The minimum absolute atomic E-state index is 0.251. The van der Waals surface area contributed by atoms with Crippen molar-refractivity contribution in [2.45, 2.75) is 51.4 Å². The van der Waals surface area contributed by atoms with Gasteiger partial charge in [0.1, 0.15) is 17.6 Å². The van der Waals surface area contributed by atoms with E-state index in [4.69, 9.17) is 14.6 Å². The fourth-order valence-corrected chi connectivity index (χ4v) is 4.55. The third-order valence-corrected chi connectivity index (χ3v) is 6.41. The van der Waals surface area contributed by atoms with Crippen LogP contribution < -0.4 is 14.6 Å². The quantitative estimate of drug-likeness (QED) is 0.555. The number of benzene rings is 2. The number of ether oxygens (including phenoxy) is 2. The number of methoxy groups -OCH3 is 1. The Morgan fingerprint density at radius 2 is 1.97 bits per heavy atom. The predicted octanol–water partition coefficient (Wildman–Crippen LogP) is 4.26. The normalized spacial score (nSPS) is 15.5.